The Balaban J connectivity index is 1.49. The first kappa shape index (κ1) is 18.5. The highest BCUT2D eigenvalue weighted by Crippen LogP contribution is 2.14. The minimum atomic E-state index is -0.355. The van der Waals surface area contributed by atoms with Crippen LogP contribution in [0.25, 0.3) is 0 Å². The summed E-state index contributed by atoms with van der Waals surface area (Å²) in [4.78, 5) is 32.5. The molecule has 1 aliphatic rings. The average Bonchev–Trinajstić information content (AvgIpc) is 3.16. The van der Waals surface area contributed by atoms with E-state index in [0.29, 0.717) is 36.9 Å². The van der Waals surface area contributed by atoms with E-state index in [1.807, 2.05) is 11.8 Å². The molecule has 3 rings (SSSR count). The molecule has 0 bridgehead atoms. The lowest BCUT2D eigenvalue weighted by Crippen LogP contribution is -2.54. The van der Waals surface area contributed by atoms with E-state index in [1.165, 1.54) is 17.4 Å². The maximum atomic E-state index is 13.7. The molecule has 0 radical (unpaired) electrons. The number of nitrogens with zero attached hydrogens (tertiary/aromatic N) is 3. The largest absolute Gasteiger partial charge is 0.340 e. The normalized spacial score (nSPS) is 16.3. The molecule has 0 aliphatic carbocycles. The van der Waals surface area contributed by atoms with Crippen LogP contribution in [0.1, 0.15) is 12.5 Å². The molecule has 6 nitrogen and oxygen atoms in total. The minimum absolute atomic E-state index is 0.0623. The van der Waals surface area contributed by atoms with E-state index in [9.17, 15) is 14.0 Å². The van der Waals surface area contributed by atoms with Gasteiger partial charge in [0.05, 0.1) is 12.5 Å². The molecule has 0 spiro atoms. The van der Waals surface area contributed by atoms with Crippen LogP contribution in [0.15, 0.2) is 35.8 Å². The van der Waals surface area contributed by atoms with Crippen LogP contribution < -0.4 is 5.32 Å². The van der Waals surface area contributed by atoms with Crippen molar-refractivity contribution >= 4 is 28.3 Å². The highest BCUT2D eigenvalue weighted by atomic mass is 32.1. The SMILES string of the molecule is CC(C(=O)Nc1nccs1)N1CCN(C(=O)Cc2ccccc2F)CC1. The van der Waals surface area contributed by atoms with E-state index in [1.54, 1.807) is 34.7 Å². The summed E-state index contributed by atoms with van der Waals surface area (Å²) in [6.45, 7) is 4.12. The molecule has 138 valence electrons. The predicted octanol–water partition coefficient (Wildman–Crippen LogP) is 2.00. The van der Waals surface area contributed by atoms with E-state index in [2.05, 4.69) is 10.3 Å². The van der Waals surface area contributed by atoms with Crippen LogP contribution in [-0.4, -0.2) is 58.8 Å². The Kier molecular flexibility index (Phi) is 5.95. The lowest BCUT2D eigenvalue weighted by atomic mass is 10.1. The standard InChI is InChI=1S/C18H21FN4O2S/c1-13(17(25)21-18-20-6-11-26-18)22-7-9-23(10-8-22)16(24)12-14-4-2-3-5-15(14)19/h2-6,11,13H,7-10,12H2,1H3,(H,20,21,25). The predicted molar refractivity (Wildman–Crippen MR) is 98.5 cm³/mol. The number of thiazole rings is 1. The second kappa shape index (κ2) is 8.37. The maximum Gasteiger partial charge on any atom is 0.243 e. The van der Waals surface area contributed by atoms with E-state index in [-0.39, 0.29) is 30.1 Å². The van der Waals surface area contributed by atoms with Gasteiger partial charge < -0.3 is 10.2 Å². The van der Waals surface area contributed by atoms with Crippen molar-refractivity contribution in [2.75, 3.05) is 31.5 Å². The Bertz CT molecular complexity index is 760. The van der Waals surface area contributed by atoms with E-state index >= 15 is 0 Å². The summed E-state index contributed by atoms with van der Waals surface area (Å²) < 4.78 is 13.7. The second-order valence-corrected chi connectivity index (χ2v) is 7.08. The smallest absolute Gasteiger partial charge is 0.243 e. The molecule has 1 atom stereocenters. The molecule has 1 fully saturated rings. The summed E-state index contributed by atoms with van der Waals surface area (Å²) in [5, 5.41) is 5.19. The molecular formula is C18H21FN4O2S. The zero-order valence-electron chi connectivity index (χ0n) is 14.5. The molecule has 1 aliphatic heterocycles. The number of amides is 2. The minimum Gasteiger partial charge on any atom is -0.340 e. The Morgan fingerprint density at radius 3 is 2.65 bits per heavy atom. The fourth-order valence-corrected chi connectivity index (χ4v) is 3.47. The van der Waals surface area contributed by atoms with Gasteiger partial charge >= 0.3 is 0 Å². The van der Waals surface area contributed by atoms with Gasteiger partial charge in [0, 0.05) is 37.8 Å². The van der Waals surface area contributed by atoms with Crippen LogP contribution in [-0.2, 0) is 16.0 Å². The fraction of sp³-hybridized carbons (Fsp3) is 0.389. The van der Waals surface area contributed by atoms with Gasteiger partial charge in [-0.25, -0.2) is 9.37 Å². The quantitative estimate of drug-likeness (QED) is 0.867. The zero-order valence-corrected chi connectivity index (χ0v) is 15.3. The molecule has 8 heteroatoms. The maximum absolute atomic E-state index is 13.7. The van der Waals surface area contributed by atoms with Crippen molar-refractivity contribution in [3.8, 4) is 0 Å². The van der Waals surface area contributed by atoms with Crippen LogP contribution in [0.3, 0.4) is 0 Å². The van der Waals surface area contributed by atoms with Gasteiger partial charge in [-0.05, 0) is 18.6 Å². The highest BCUT2D eigenvalue weighted by molar-refractivity contribution is 7.13. The van der Waals surface area contributed by atoms with Gasteiger partial charge in [0.25, 0.3) is 0 Å². The molecule has 0 saturated carbocycles. The van der Waals surface area contributed by atoms with E-state index in [0.717, 1.165) is 0 Å². The number of hydrogen-bond donors (Lipinski definition) is 1. The number of aromatic nitrogens is 1. The number of anilines is 1. The molecule has 2 amide bonds. The van der Waals surface area contributed by atoms with E-state index in [4.69, 9.17) is 0 Å². The van der Waals surface area contributed by atoms with Gasteiger partial charge in [-0.2, -0.15) is 0 Å². The molecule has 26 heavy (non-hydrogen) atoms. The van der Waals surface area contributed by atoms with Crippen molar-refractivity contribution in [3.05, 3.63) is 47.2 Å². The number of carbonyl (C=O) groups excluding carboxylic acids is 2. The number of nitrogens with one attached hydrogen (secondary N) is 1. The molecular weight excluding hydrogens is 355 g/mol. The van der Waals surface area contributed by atoms with Crippen molar-refractivity contribution in [3.63, 3.8) is 0 Å². The molecule has 1 saturated heterocycles. The van der Waals surface area contributed by atoms with Crippen LogP contribution >= 0.6 is 11.3 Å². The Hall–Kier alpha value is -2.32. The fourth-order valence-electron chi connectivity index (χ4n) is 2.94. The number of halogens is 1. The zero-order chi connectivity index (χ0) is 18.5. The first-order chi connectivity index (χ1) is 12.5. The first-order valence-corrected chi connectivity index (χ1v) is 9.38. The Morgan fingerprint density at radius 2 is 2.00 bits per heavy atom. The first-order valence-electron chi connectivity index (χ1n) is 8.50. The van der Waals surface area contributed by atoms with Crippen molar-refractivity contribution < 1.29 is 14.0 Å². The number of piperazine rings is 1. The lowest BCUT2D eigenvalue weighted by molar-refractivity contribution is -0.133. The Morgan fingerprint density at radius 1 is 1.27 bits per heavy atom. The van der Waals surface area contributed by atoms with E-state index < -0.39 is 0 Å². The monoisotopic (exact) mass is 376 g/mol. The summed E-state index contributed by atoms with van der Waals surface area (Å²) in [5.41, 5.74) is 0.413. The third kappa shape index (κ3) is 4.44. The van der Waals surface area contributed by atoms with Gasteiger partial charge in [-0.3, -0.25) is 14.5 Å². The number of carbonyl (C=O) groups is 2. The van der Waals surface area contributed by atoms with Crippen LogP contribution in [0.5, 0.6) is 0 Å². The highest BCUT2D eigenvalue weighted by Gasteiger charge is 2.28. The van der Waals surface area contributed by atoms with Crippen LogP contribution in [0.2, 0.25) is 0 Å². The van der Waals surface area contributed by atoms with Crippen molar-refractivity contribution in [2.45, 2.75) is 19.4 Å². The molecule has 1 unspecified atom stereocenters. The van der Waals surface area contributed by atoms with Crippen molar-refractivity contribution in [1.82, 2.24) is 14.8 Å². The van der Waals surface area contributed by atoms with Crippen molar-refractivity contribution in [2.24, 2.45) is 0 Å². The van der Waals surface area contributed by atoms with Gasteiger partial charge in [0.2, 0.25) is 11.8 Å². The summed E-state index contributed by atoms with van der Waals surface area (Å²) >= 11 is 1.38. The number of rotatable bonds is 5. The van der Waals surface area contributed by atoms with Gasteiger partial charge in [-0.15, -0.1) is 11.3 Å². The van der Waals surface area contributed by atoms with Gasteiger partial charge in [0.15, 0.2) is 5.13 Å². The summed E-state index contributed by atoms with van der Waals surface area (Å²) in [6.07, 6.45) is 1.71. The summed E-state index contributed by atoms with van der Waals surface area (Å²) in [6, 6.07) is 6.03. The summed E-state index contributed by atoms with van der Waals surface area (Å²) in [5.74, 6) is -0.548. The average molecular weight is 376 g/mol. The second-order valence-electron chi connectivity index (χ2n) is 6.19. The van der Waals surface area contributed by atoms with Gasteiger partial charge in [0.1, 0.15) is 5.82 Å². The van der Waals surface area contributed by atoms with Crippen LogP contribution in [0.4, 0.5) is 9.52 Å². The number of hydrogen-bond acceptors (Lipinski definition) is 5. The molecule has 1 aromatic heterocycles. The number of benzene rings is 1. The molecule has 1 aromatic carbocycles. The topological polar surface area (TPSA) is 65.5 Å². The molecule has 1 N–H and O–H groups in total. The van der Waals surface area contributed by atoms with Gasteiger partial charge in [-0.1, -0.05) is 18.2 Å². The summed E-state index contributed by atoms with van der Waals surface area (Å²) in [7, 11) is 0. The Labute approximate surface area is 155 Å². The molecule has 2 aromatic rings. The third-order valence-electron chi connectivity index (χ3n) is 4.56. The van der Waals surface area contributed by atoms with Crippen LogP contribution in [0, 0.1) is 5.82 Å². The third-order valence-corrected chi connectivity index (χ3v) is 5.24. The lowest BCUT2D eigenvalue weighted by Gasteiger charge is -2.37. The van der Waals surface area contributed by atoms with Crippen molar-refractivity contribution in [1.29, 1.82) is 0 Å². The molecule has 2 heterocycles.